The van der Waals surface area contributed by atoms with Gasteiger partial charge < -0.3 is 10.2 Å². The van der Waals surface area contributed by atoms with Crippen molar-refractivity contribution < 1.29 is 0 Å². The van der Waals surface area contributed by atoms with Gasteiger partial charge in [0.2, 0.25) is 0 Å². The van der Waals surface area contributed by atoms with E-state index in [-0.39, 0.29) is 0 Å². The lowest BCUT2D eigenvalue weighted by atomic mass is 9.77. The van der Waals surface area contributed by atoms with Crippen LogP contribution in [0.4, 0.5) is 0 Å². The van der Waals surface area contributed by atoms with Gasteiger partial charge in [-0.05, 0) is 63.1 Å². The SMILES string of the molecule is CCCNC(CN1CCC(C)(CC)CC1)C1CCCCC1. The van der Waals surface area contributed by atoms with Crippen LogP contribution in [0.25, 0.3) is 0 Å². The molecule has 0 aromatic rings. The lowest BCUT2D eigenvalue weighted by Gasteiger charge is -2.42. The lowest BCUT2D eigenvalue weighted by Crippen LogP contribution is -2.49. The first-order valence-corrected chi connectivity index (χ1v) is 9.62. The van der Waals surface area contributed by atoms with Crippen LogP contribution in [0.1, 0.15) is 78.6 Å². The van der Waals surface area contributed by atoms with E-state index in [1.165, 1.54) is 84.0 Å². The van der Waals surface area contributed by atoms with Crippen molar-refractivity contribution in [1.29, 1.82) is 0 Å². The molecular formula is C19H38N2. The highest BCUT2D eigenvalue weighted by Crippen LogP contribution is 2.34. The van der Waals surface area contributed by atoms with Crippen molar-refractivity contribution in [3.05, 3.63) is 0 Å². The van der Waals surface area contributed by atoms with E-state index in [1.807, 2.05) is 0 Å². The van der Waals surface area contributed by atoms with E-state index in [9.17, 15) is 0 Å². The summed E-state index contributed by atoms with van der Waals surface area (Å²) in [4.78, 5) is 2.75. The largest absolute Gasteiger partial charge is 0.312 e. The Bertz CT molecular complexity index is 275. The Labute approximate surface area is 133 Å². The first-order valence-electron chi connectivity index (χ1n) is 9.62. The van der Waals surface area contributed by atoms with Crippen LogP contribution in [-0.4, -0.2) is 37.1 Å². The topological polar surface area (TPSA) is 15.3 Å². The molecule has 21 heavy (non-hydrogen) atoms. The van der Waals surface area contributed by atoms with E-state index < -0.39 is 0 Å². The summed E-state index contributed by atoms with van der Waals surface area (Å²) in [5, 5.41) is 3.88. The van der Waals surface area contributed by atoms with Crippen LogP contribution in [0.5, 0.6) is 0 Å². The first-order chi connectivity index (χ1) is 10.2. The number of nitrogens with zero attached hydrogens (tertiary/aromatic N) is 1. The van der Waals surface area contributed by atoms with E-state index >= 15 is 0 Å². The maximum atomic E-state index is 3.88. The minimum Gasteiger partial charge on any atom is -0.312 e. The highest BCUT2D eigenvalue weighted by molar-refractivity contribution is 4.86. The number of hydrogen-bond donors (Lipinski definition) is 1. The molecule has 0 amide bonds. The Morgan fingerprint density at radius 2 is 1.76 bits per heavy atom. The van der Waals surface area contributed by atoms with Gasteiger partial charge in [0.05, 0.1) is 0 Å². The fourth-order valence-corrected chi connectivity index (χ4v) is 4.15. The molecule has 1 N–H and O–H groups in total. The van der Waals surface area contributed by atoms with E-state index in [0.29, 0.717) is 5.41 Å². The molecule has 1 atom stereocenters. The first kappa shape index (κ1) is 17.3. The van der Waals surface area contributed by atoms with Crippen LogP contribution >= 0.6 is 0 Å². The monoisotopic (exact) mass is 294 g/mol. The van der Waals surface area contributed by atoms with Gasteiger partial charge in [-0.25, -0.2) is 0 Å². The van der Waals surface area contributed by atoms with Gasteiger partial charge >= 0.3 is 0 Å². The summed E-state index contributed by atoms with van der Waals surface area (Å²) in [6.45, 7) is 12.3. The van der Waals surface area contributed by atoms with Crippen molar-refractivity contribution >= 4 is 0 Å². The molecule has 124 valence electrons. The Balaban J connectivity index is 1.83. The third-order valence-electron chi connectivity index (χ3n) is 6.25. The Hall–Kier alpha value is -0.0800. The Morgan fingerprint density at radius 3 is 2.33 bits per heavy atom. The van der Waals surface area contributed by atoms with Crippen LogP contribution in [-0.2, 0) is 0 Å². The van der Waals surface area contributed by atoms with Crippen LogP contribution in [0.2, 0.25) is 0 Å². The molecule has 1 aliphatic carbocycles. The molecule has 1 saturated heterocycles. The average Bonchev–Trinajstić information content (AvgIpc) is 2.54. The fourth-order valence-electron chi connectivity index (χ4n) is 4.15. The summed E-state index contributed by atoms with van der Waals surface area (Å²) in [5.41, 5.74) is 0.619. The third-order valence-corrected chi connectivity index (χ3v) is 6.25. The minimum absolute atomic E-state index is 0.619. The van der Waals surface area contributed by atoms with Crippen LogP contribution < -0.4 is 5.32 Å². The molecule has 1 aliphatic heterocycles. The summed E-state index contributed by atoms with van der Waals surface area (Å²) in [6, 6.07) is 0.747. The summed E-state index contributed by atoms with van der Waals surface area (Å²) in [7, 11) is 0. The Morgan fingerprint density at radius 1 is 1.10 bits per heavy atom. The summed E-state index contributed by atoms with van der Waals surface area (Å²) < 4.78 is 0. The summed E-state index contributed by atoms with van der Waals surface area (Å²) >= 11 is 0. The maximum absolute atomic E-state index is 3.88. The van der Waals surface area contributed by atoms with Gasteiger partial charge in [-0.15, -0.1) is 0 Å². The maximum Gasteiger partial charge on any atom is 0.0223 e. The number of piperidine rings is 1. The van der Waals surface area contributed by atoms with Gasteiger partial charge in [-0.1, -0.05) is 46.5 Å². The van der Waals surface area contributed by atoms with Gasteiger partial charge in [0.1, 0.15) is 0 Å². The molecule has 0 spiro atoms. The van der Waals surface area contributed by atoms with Gasteiger partial charge in [0.15, 0.2) is 0 Å². The smallest absolute Gasteiger partial charge is 0.0223 e. The number of likely N-dealkylation sites (tertiary alicyclic amines) is 1. The molecular weight excluding hydrogens is 256 g/mol. The highest BCUT2D eigenvalue weighted by Gasteiger charge is 2.31. The molecule has 2 nitrogen and oxygen atoms in total. The minimum atomic E-state index is 0.619. The van der Waals surface area contributed by atoms with Crippen LogP contribution in [0, 0.1) is 11.3 Å². The molecule has 2 fully saturated rings. The second-order valence-electron chi connectivity index (χ2n) is 7.92. The average molecular weight is 295 g/mol. The number of nitrogens with one attached hydrogen (secondary N) is 1. The normalized spacial score (nSPS) is 25.9. The predicted octanol–water partition coefficient (Wildman–Crippen LogP) is 4.45. The van der Waals surface area contributed by atoms with Gasteiger partial charge in [-0.2, -0.15) is 0 Å². The van der Waals surface area contributed by atoms with Gasteiger partial charge in [-0.3, -0.25) is 0 Å². The second kappa shape index (κ2) is 8.53. The quantitative estimate of drug-likeness (QED) is 0.746. The van der Waals surface area contributed by atoms with Crippen molar-refractivity contribution in [2.24, 2.45) is 11.3 Å². The lowest BCUT2D eigenvalue weighted by molar-refractivity contribution is 0.0936. The molecule has 0 radical (unpaired) electrons. The number of rotatable bonds is 7. The van der Waals surface area contributed by atoms with Gasteiger partial charge in [0.25, 0.3) is 0 Å². The van der Waals surface area contributed by atoms with Crippen molar-refractivity contribution in [3.8, 4) is 0 Å². The fraction of sp³-hybridized carbons (Fsp3) is 1.00. The zero-order valence-corrected chi connectivity index (χ0v) is 14.8. The molecule has 0 aromatic carbocycles. The molecule has 2 heteroatoms. The second-order valence-corrected chi connectivity index (χ2v) is 7.92. The van der Waals surface area contributed by atoms with Crippen molar-refractivity contribution in [2.45, 2.75) is 84.6 Å². The molecule has 2 aliphatic rings. The number of hydrogen-bond acceptors (Lipinski definition) is 2. The van der Waals surface area contributed by atoms with Crippen LogP contribution in [0.3, 0.4) is 0 Å². The van der Waals surface area contributed by atoms with E-state index in [1.54, 1.807) is 0 Å². The van der Waals surface area contributed by atoms with Crippen molar-refractivity contribution in [2.75, 3.05) is 26.2 Å². The van der Waals surface area contributed by atoms with Gasteiger partial charge in [0, 0.05) is 12.6 Å². The third kappa shape index (κ3) is 5.25. The van der Waals surface area contributed by atoms with E-state index in [0.717, 1.165) is 12.0 Å². The predicted molar refractivity (Wildman–Crippen MR) is 92.7 cm³/mol. The van der Waals surface area contributed by atoms with E-state index in [4.69, 9.17) is 0 Å². The highest BCUT2D eigenvalue weighted by atomic mass is 15.2. The molecule has 2 rings (SSSR count). The summed E-state index contributed by atoms with van der Waals surface area (Å²) in [5.74, 6) is 0.935. The standard InChI is InChI=1S/C19H38N2/c1-4-13-20-18(17-9-7-6-8-10-17)16-21-14-11-19(3,5-2)12-15-21/h17-18,20H,4-16H2,1-3H3. The molecule has 0 bridgehead atoms. The molecule has 0 aromatic heterocycles. The molecule has 1 heterocycles. The van der Waals surface area contributed by atoms with Crippen molar-refractivity contribution in [1.82, 2.24) is 10.2 Å². The molecule has 1 saturated carbocycles. The molecule has 1 unspecified atom stereocenters. The zero-order chi connectivity index (χ0) is 15.1. The van der Waals surface area contributed by atoms with Crippen molar-refractivity contribution in [3.63, 3.8) is 0 Å². The zero-order valence-electron chi connectivity index (χ0n) is 14.8. The van der Waals surface area contributed by atoms with E-state index in [2.05, 4.69) is 31.0 Å². The van der Waals surface area contributed by atoms with Crippen LogP contribution in [0.15, 0.2) is 0 Å². The Kier molecular flexibility index (Phi) is 7.01. The summed E-state index contributed by atoms with van der Waals surface area (Å²) in [6.07, 6.45) is 12.7.